The van der Waals surface area contributed by atoms with Crippen LogP contribution >= 0.6 is 0 Å². The molecular formula is C18H23NO2. The van der Waals surface area contributed by atoms with E-state index in [1.807, 2.05) is 12.1 Å². The molecule has 0 aromatic heterocycles. The number of phenolic OH excluding ortho intramolecular Hbond substituents is 1. The normalized spacial score (nSPS) is 12.6. The van der Waals surface area contributed by atoms with Crippen molar-refractivity contribution in [1.82, 2.24) is 4.90 Å². The highest BCUT2D eigenvalue weighted by molar-refractivity contribution is 5.31. The van der Waals surface area contributed by atoms with Crippen molar-refractivity contribution in [2.45, 2.75) is 19.1 Å². The lowest BCUT2D eigenvalue weighted by atomic mass is 9.97. The van der Waals surface area contributed by atoms with Gasteiger partial charge >= 0.3 is 0 Å². The Morgan fingerprint density at radius 2 is 1.71 bits per heavy atom. The molecule has 0 aliphatic carbocycles. The van der Waals surface area contributed by atoms with Gasteiger partial charge in [0.15, 0.2) is 0 Å². The monoisotopic (exact) mass is 285 g/mol. The van der Waals surface area contributed by atoms with Gasteiger partial charge in [0.05, 0.1) is 6.61 Å². The zero-order valence-electron chi connectivity index (χ0n) is 12.9. The molecule has 0 fully saturated rings. The molecule has 0 aliphatic rings. The van der Waals surface area contributed by atoms with E-state index in [4.69, 9.17) is 4.74 Å². The molecule has 112 valence electrons. The molecular weight excluding hydrogens is 262 g/mol. The number of hydrogen-bond acceptors (Lipinski definition) is 3. The fourth-order valence-corrected chi connectivity index (χ4v) is 2.49. The molecule has 0 spiro atoms. The summed E-state index contributed by atoms with van der Waals surface area (Å²) in [7, 11) is 5.83. The van der Waals surface area contributed by atoms with Crippen molar-refractivity contribution in [1.29, 1.82) is 0 Å². The molecule has 0 heterocycles. The highest BCUT2D eigenvalue weighted by Crippen LogP contribution is 2.25. The van der Waals surface area contributed by atoms with Crippen molar-refractivity contribution >= 4 is 0 Å². The quantitative estimate of drug-likeness (QED) is 0.883. The third kappa shape index (κ3) is 4.31. The Bertz CT molecular complexity index is 564. The summed E-state index contributed by atoms with van der Waals surface area (Å²) in [6, 6.07) is 16.2. The first kappa shape index (κ1) is 15.5. The average molecular weight is 285 g/mol. The van der Waals surface area contributed by atoms with Crippen LogP contribution < -0.4 is 0 Å². The third-order valence-electron chi connectivity index (χ3n) is 3.64. The van der Waals surface area contributed by atoms with E-state index < -0.39 is 0 Å². The van der Waals surface area contributed by atoms with Crippen molar-refractivity contribution in [3.8, 4) is 5.75 Å². The van der Waals surface area contributed by atoms with E-state index in [1.165, 1.54) is 11.1 Å². The Kier molecular flexibility index (Phi) is 5.37. The van der Waals surface area contributed by atoms with Gasteiger partial charge < -0.3 is 14.7 Å². The van der Waals surface area contributed by atoms with Gasteiger partial charge in [-0.3, -0.25) is 0 Å². The second kappa shape index (κ2) is 7.25. The summed E-state index contributed by atoms with van der Waals surface area (Å²) in [5.41, 5.74) is 3.58. The lowest BCUT2D eigenvalue weighted by Crippen LogP contribution is -2.22. The van der Waals surface area contributed by atoms with E-state index in [-0.39, 0.29) is 6.04 Å². The maximum Gasteiger partial charge on any atom is 0.115 e. The van der Waals surface area contributed by atoms with Gasteiger partial charge in [0.1, 0.15) is 5.75 Å². The van der Waals surface area contributed by atoms with Crippen LogP contribution in [0.5, 0.6) is 5.75 Å². The summed E-state index contributed by atoms with van der Waals surface area (Å²) < 4.78 is 5.13. The first-order valence-electron chi connectivity index (χ1n) is 7.12. The predicted molar refractivity (Wildman–Crippen MR) is 85.4 cm³/mol. The molecule has 1 unspecified atom stereocenters. The number of rotatable bonds is 6. The molecule has 0 saturated heterocycles. The molecule has 0 bridgehead atoms. The second-order valence-corrected chi connectivity index (χ2v) is 5.53. The van der Waals surface area contributed by atoms with Crippen LogP contribution in [0.15, 0.2) is 48.5 Å². The summed E-state index contributed by atoms with van der Waals surface area (Å²) in [5, 5.41) is 9.67. The van der Waals surface area contributed by atoms with E-state index in [1.54, 1.807) is 13.2 Å². The second-order valence-electron chi connectivity index (χ2n) is 5.53. The lowest BCUT2D eigenvalue weighted by molar-refractivity contribution is 0.185. The molecule has 2 aromatic carbocycles. The van der Waals surface area contributed by atoms with Crippen molar-refractivity contribution in [2.75, 3.05) is 21.2 Å². The first-order valence-corrected chi connectivity index (χ1v) is 7.12. The van der Waals surface area contributed by atoms with Gasteiger partial charge in [-0.25, -0.2) is 0 Å². The van der Waals surface area contributed by atoms with Gasteiger partial charge in [0.25, 0.3) is 0 Å². The lowest BCUT2D eigenvalue weighted by Gasteiger charge is -2.25. The van der Waals surface area contributed by atoms with Crippen LogP contribution in [0.3, 0.4) is 0 Å². The summed E-state index contributed by atoms with van der Waals surface area (Å²) >= 11 is 0. The van der Waals surface area contributed by atoms with Crippen LogP contribution in [0.4, 0.5) is 0 Å². The van der Waals surface area contributed by atoms with Gasteiger partial charge in [-0.1, -0.05) is 36.4 Å². The molecule has 1 N–H and O–H groups in total. The molecule has 3 heteroatoms. The summed E-state index contributed by atoms with van der Waals surface area (Å²) in [6.45, 7) is 0.643. The van der Waals surface area contributed by atoms with Crippen LogP contribution in [0.25, 0.3) is 0 Å². The predicted octanol–water partition coefficient (Wildman–Crippen LogP) is 3.38. The Hall–Kier alpha value is -1.84. The maximum atomic E-state index is 9.67. The highest BCUT2D eigenvalue weighted by Gasteiger charge is 2.15. The Labute approximate surface area is 126 Å². The summed E-state index contributed by atoms with van der Waals surface area (Å²) in [4.78, 5) is 2.18. The summed E-state index contributed by atoms with van der Waals surface area (Å²) in [5.74, 6) is 0.315. The number of methoxy groups -OCH3 is 1. The number of hydrogen-bond donors (Lipinski definition) is 1. The molecule has 21 heavy (non-hydrogen) atoms. The third-order valence-corrected chi connectivity index (χ3v) is 3.64. The largest absolute Gasteiger partial charge is 0.508 e. The highest BCUT2D eigenvalue weighted by atomic mass is 16.5. The van der Waals surface area contributed by atoms with Crippen LogP contribution in [0.2, 0.25) is 0 Å². The Morgan fingerprint density at radius 3 is 2.29 bits per heavy atom. The average Bonchev–Trinajstić information content (AvgIpc) is 2.46. The maximum absolute atomic E-state index is 9.67. The van der Waals surface area contributed by atoms with Crippen LogP contribution in [-0.2, 0) is 17.8 Å². The molecule has 1 atom stereocenters. The minimum Gasteiger partial charge on any atom is -0.508 e. The minimum absolute atomic E-state index is 0.241. The van der Waals surface area contributed by atoms with Crippen LogP contribution in [-0.4, -0.2) is 31.2 Å². The zero-order valence-corrected chi connectivity index (χ0v) is 12.9. The number of nitrogens with zero attached hydrogens (tertiary/aromatic N) is 1. The minimum atomic E-state index is 0.241. The molecule has 3 nitrogen and oxygen atoms in total. The Balaban J connectivity index is 2.16. The topological polar surface area (TPSA) is 32.7 Å². The molecule has 0 amide bonds. The Morgan fingerprint density at radius 1 is 1.05 bits per heavy atom. The fourth-order valence-electron chi connectivity index (χ4n) is 2.49. The van der Waals surface area contributed by atoms with Gasteiger partial charge in [0.2, 0.25) is 0 Å². The van der Waals surface area contributed by atoms with E-state index in [0.717, 1.165) is 12.0 Å². The van der Waals surface area contributed by atoms with Gasteiger partial charge in [-0.2, -0.15) is 0 Å². The van der Waals surface area contributed by atoms with Gasteiger partial charge in [-0.05, 0) is 49.3 Å². The smallest absolute Gasteiger partial charge is 0.115 e. The SMILES string of the molecule is COCc1ccc(CC(c2cccc(O)c2)N(C)C)cc1. The molecule has 2 aromatic rings. The number of aromatic hydroxyl groups is 1. The van der Waals surface area contributed by atoms with Crippen molar-refractivity contribution in [2.24, 2.45) is 0 Å². The van der Waals surface area contributed by atoms with Crippen molar-refractivity contribution < 1.29 is 9.84 Å². The number of benzene rings is 2. The standard InChI is InChI=1S/C18H23NO2/c1-19(2)18(16-5-4-6-17(20)12-16)11-14-7-9-15(10-8-14)13-21-3/h4-10,12,18,20H,11,13H2,1-3H3. The number of phenols is 1. The van der Waals surface area contributed by atoms with Gasteiger partial charge in [-0.15, -0.1) is 0 Å². The van der Waals surface area contributed by atoms with Gasteiger partial charge in [0, 0.05) is 13.2 Å². The number of likely N-dealkylation sites (N-methyl/N-ethyl adjacent to an activating group) is 1. The fraction of sp³-hybridized carbons (Fsp3) is 0.333. The van der Waals surface area contributed by atoms with E-state index in [9.17, 15) is 5.11 Å². The number of ether oxygens (including phenoxy) is 1. The van der Waals surface area contributed by atoms with Crippen molar-refractivity contribution in [3.05, 3.63) is 65.2 Å². The van der Waals surface area contributed by atoms with Crippen LogP contribution in [0, 0.1) is 0 Å². The van der Waals surface area contributed by atoms with Crippen LogP contribution in [0.1, 0.15) is 22.7 Å². The van der Waals surface area contributed by atoms with Crippen molar-refractivity contribution in [3.63, 3.8) is 0 Å². The molecule has 0 saturated carbocycles. The van der Waals surface area contributed by atoms with E-state index >= 15 is 0 Å². The molecule has 2 rings (SSSR count). The summed E-state index contributed by atoms with van der Waals surface area (Å²) in [6.07, 6.45) is 0.906. The molecule has 0 radical (unpaired) electrons. The van der Waals surface area contributed by atoms with E-state index in [0.29, 0.717) is 12.4 Å². The molecule has 0 aliphatic heterocycles. The zero-order chi connectivity index (χ0) is 15.2. The van der Waals surface area contributed by atoms with E-state index in [2.05, 4.69) is 49.3 Å². The first-order chi connectivity index (χ1) is 10.1.